The first-order chi connectivity index (χ1) is 9.61. The number of hydrogen-bond donors (Lipinski definition) is 0. The minimum absolute atomic E-state index is 0.209. The Morgan fingerprint density at radius 2 is 2.00 bits per heavy atom. The summed E-state index contributed by atoms with van der Waals surface area (Å²) in [4.78, 5) is 15.3. The smallest absolute Gasteiger partial charge is 0.182 e. The Hall–Kier alpha value is -1.35. The fourth-order valence-electron chi connectivity index (χ4n) is 2.99. The van der Waals surface area contributed by atoms with E-state index in [1.807, 2.05) is 24.3 Å². The number of benzene rings is 1. The molecule has 1 unspecified atom stereocenters. The minimum atomic E-state index is -0.396. The number of hydrogen-bond acceptors (Lipinski definition) is 3. The zero-order chi connectivity index (χ0) is 14.6. The van der Waals surface area contributed by atoms with Crippen molar-refractivity contribution in [3.05, 3.63) is 29.8 Å². The zero-order valence-electron chi connectivity index (χ0n) is 12.8. The summed E-state index contributed by atoms with van der Waals surface area (Å²) in [5, 5.41) is 0. The molecule has 1 fully saturated rings. The maximum Gasteiger partial charge on any atom is 0.182 e. The van der Waals surface area contributed by atoms with Crippen molar-refractivity contribution in [2.24, 2.45) is 0 Å². The zero-order valence-corrected chi connectivity index (χ0v) is 12.8. The summed E-state index contributed by atoms with van der Waals surface area (Å²) in [5.41, 5.74) is 0.353. The molecule has 1 aliphatic heterocycles. The molecule has 1 aromatic carbocycles. The highest BCUT2D eigenvalue weighted by Crippen LogP contribution is 2.29. The Morgan fingerprint density at radius 1 is 1.30 bits per heavy atom. The number of ether oxygens (including phenoxy) is 1. The van der Waals surface area contributed by atoms with E-state index in [2.05, 4.69) is 18.7 Å². The highest BCUT2D eigenvalue weighted by molar-refractivity contribution is 6.03. The van der Waals surface area contributed by atoms with E-state index >= 15 is 0 Å². The van der Waals surface area contributed by atoms with E-state index in [-0.39, 0.29) is 5.78 Å². The standard InChI is InChI=1S/C17H25NO2/c1-4-17(2,18-11-6-5-7-12-18)16(19)14-9-8-10-15(13-14)20-3/h8-10,13H,4-7,11-12H2,1-3H3. The molecule has 1 saturated heterocycles. The second-order valence-electron chi connectivity index (χ2n) is 5.74. The van der Waals surface area contributed by atoms with Gasteiger partial charge in [-0.25, -0.2) is 0 Å². The van der Waals surface area contributed by atoms with Gasteiger partial charge in [0.1, 0.15) is 5.75 Å². The van der Waals surface area contributed by atoms with Crippen LogP contribution in [0.4, 0.5) is 0 Å². The largest absolute Gasteiger partial charge is 0.497 e. The van der Waals surface area contributed by atoms with E-state index in [9.17, 15) is 4.79 Å². The van der Waals surface area contributed by atoms with Gasteiger partial charge in [0.15, 0.2) is 5.78 Å². The summed E-state index contributed by atoms with van der Waals surface area (Å²) in [5.74, 6) is 0.953. The lowest BCUT2D eigenvalue weighted by molar-refractivity contribution is 0.0505. The predicted octanol–water partition coefficient (Wildman–Crippen LogP) is 3.53. The third-order valence-electron chi connectivity index (χ3n) is 4.56. The first kappa shape index (κ1) is 15.0. The lowest BCUT2D eigenvalue weighted by atomic mass is 9.85. The van der Waals surface area contributed by atoms with Crippen molar-refractivity contribution in [2.45, 2.75) is 45.1 Å². The lowest BCUT2D eigenvalue weighted by Crippen LogP contribution is -2.53. The van der Waals surface area contributed by atoms with E-state index in [1.165, 1.54) is 19.3 Å². The van der Waals surface area contributed by atoms with Gasteiger partial charge in [0.25, 0.3) is 0 Å². The fraction of sp³-hybridized carbons (Fsp3) is 0.588. The Bertz CT molecular complexity index is 466. The Balaban J connectivity index is 2.26. The summed E-state index contributed by atoms with van der Waals surface area (Å²) in [6.45, 7) is 6.24. The lowest BCUT2D eigenvalue weighted by Gasteiger charge is -2.41. The number of likely N-dealkylation sites (tertiary alicyclic amines) is 1. The number of piperidine rings is 1. The number of rotatable bonds is 5. The Morgan fingerprint density at radius 3 is 2.60 bits per heavy atom. The fourth-order valence-corrected chi connectivity index (χ4v) is 2.99. The van der Waals surface area contributed by atoms with Crippen LogP contribution in [0.3, 0.4) is 0 Å². The quantitative estimate of drug-likeness (QED) is 0.770. The number of methoxy groups -OCH3 is 1. The van der Waals surface area contributed by atoms with Gasteiger partial charge in [-0.2, -0.15) is 0 Å². The van der Waals surface area contributed by atoms with Gasteiger partial charge in [-0.1, -0.05) is 25.5 Å². The molecule has 20 heavy (non-hydrogen) atoms. The first-order valence-electron chi connectivity index (χ1n) is 7.55. The summed E-state index contributed by atoms with van der Waals surface area (Å²) in [6, 6.07) is 7.50. The van der Waals surface area contributed by atoms with Crippen molar-refractivity contribution >= 4 is 5.78 Å². The maximum absolute atomic E-state index is 13.0. The van der Waals surface area contributed by atoms with Crippen molar-refractivity contribution in [1.82, 2.24) is 4.90 Å². The summed E-state index contributed by atoms with van der Waals surface area (Å²) >= 11 is 0. The van der Waals surface area contributed by atoms with Gasteiger partial charge in [-0.15, -0.1) is 0 Å². The molecule has 0 bridgehead atoms. The van der Waals surface area contributed by atoms with E-state index in [0.717, 1.165) is 30.8 Å². The normalized spacial score (nSPS) is 19.4. The van der Waals surface area contributed by atoms with Crippen LogP contribution in [0.25, 0.3) is 0 Å². The molecule has 0 amide bonds. The van der Waals surface area contributed by atoms with Crippen LogP contribution >= 0.6 is 0 Å². The van der Waals surface area contributed by atoms with Crippen LogP contribution in [0.2, 0.25) is 0 Å². The van der Waals surface area contributed by atoms with Gasteiger partial charge < -0.3 is 4.74 Å². The van der Waals surface area contributed by atoms with E-state index in [0.29, 0.717) is 0 Å². The van der Waals surface area contributed by atoms with Crippen molar-refractivity contribution < 1.29 is 9.53 Å². The van der Waals surface area contributed by atoms with Crippen molar-refractivity contribution in [3.63, 3.8) is 0 Å². The Kier molecular flexibility index (Phi) is 4.81. The number of nitrogens with zero attached hydrogens (tertiary/aromatic N) is 1. The summed E-state index contributed by atoms with van der Waals surface area (Å²) in [7, 11) is 1.63. The molecule has 0 aromatic heterocycles. The molecule has 1 aliphatic rings. The second kappa shape index (κ2) is 6.40. The van der Waals surface area contributed by atoms with E-state index < -0.39 is 5.54 Å². The molecular formula is C17H25NO2. The van der Waals surface area contributed by atoms with Crippen LogP contribution in [0.1, 0.15) is 49.9 Å². The highest BCUT2D eigenvalue weighted by atomic mass is 16.5. The topological polar surface area (TPSA) is 29.5 Å². The summed E-state index contributed by atoms with van der Waals surface area (Å²) in [6.07, 6.45) is 4.51. The van der Waals surface area contributed by atoms with Crippen molar-refractivity contribution in [1.29, 1.82) is 0 Å². The summed E-state index contributed by atoms with van der Waals surface area (Å²) < 4.78 is 5.23. The molecule has 3 heteroatoms. The molecule has 0 saturated carbocycles. The average molecular weight is 275 g/mol. The highest BCUT2D eigenvalue weighted by Gasteiger charge is 2.38. The molecule has 0 radical (unpaired) electrons. The van der Waals surface area contributed by atoms with Crippen LogP contribution < -0.4 is 4.74 Å². The van der Waals surface area contributed by atoms with Gasteiger partial charge in [-0.05, 0) is 51.4 Å². The molecule has 1 aromatic rings. The maximum atomic E-state index is 13.0. The average Bonchev–Trinajstić information content (AvgIpc) is 2.54. The van der Waals surface area contributed by atoms with Gasteiger partial charge in [-0.3, -0.25) is 9.69 Å². The van der Waals surface area contributed by atoms with Gasteiger partial charge in [0.2, 0.25) is 0 Å². The molecule has 1 atom stereocenters. The van der Waals surface area contributed by atoms with Crippen LogP contribution in [0, 0.1) is 0 Å². The second-order valence-corrected chi connectivity index (χ2v) is 5.74. The molecule has 2 rings (SSSR count). The number of ketones is 1. The van der Waals surface area contributed by atoms with Crippen LogP contribution in [-0.2, 0) is 0 Å². The monoisotopic (exact) mass is 275 g/mol. The van der Waals surface area contributed by atoms with Gasteiger partial charge in [0.05, 0.1) is 12.6 Å². The predicted molar refractivity (Wildman–Crippen MR) is 81.4 cm³/mol. The molecule has 0 N–H and O–H groups in total. The van der Waals surface area contributed by atoms with E-state index in [4.69, 9.17) is 4.74 Å². The Labute approximate surface area is 121 Å². The van der Waals surface area contributed by atoms with Crippen LogP contribution in [-0.4, -0.2) is 36.4 Å². The third kappa shape index (κ3) is 2.88. The number of carbonyl (C=O) groups is 1. The molecular weight excluding hydrogens is 250 g/mol. The SMILES string of the molecule is CCC(C)(C(=O)c1cccc(OC)c1)N1CCCCC1. The third-order valence-corrected chi connectivity index (χ3v) is 4.56. The van der Waals surface area contributed by atoms with Crippen LogP contribution in [0.5, 0.6) is 5.75 Å². The number of carbonyl (C=O) groups excluding carboxylic acids is 1. The molecule has 1 heterocycles. The van der Waals surface area contributed by atoms with Gasteiger partial charge in [0, 0.05) is 5.56 Å². The minimum Gasteiger partial charge on any atom is -0.497 e. The first-order valence-corrected chi connectivity index (χ1v) is 7.55. The number of Topliss-reactive ketones (excluding diaryl/α,β-unsaturated/α-hetero) is 1. The molecule has 0 aliphatic carbocycles. The van der Waals surface area contributed by atoms with Crippen molar-refractivity contribution in [3.8, 4) is 5.75 Å². The molecule has 3 nitrogen and oxygen atoms in total. The van der Waals surface area contributed by atoms with Gasteiger partial charge >= 0.3 is 0 Å². The van der Waals surface area contributed by atoms with E-state index in [1.54, 1.807) is 7.11 Å². The van der Waals surface area contributed by atoms with Crippen LogP contribution in [0.15, 0.2) is 24.3 Å². The van der Waals surface area contributed by atoms with Crippen molar-refractivity contribution in [2.75, 3.05) is 20.2 Å². The molecule has 110 valence electrons. The molecule has 0 spiro atoms.